The molecule has 0 fully saturated rings. The Labute approximate surface area is 106 Å². The minimum Gasteiger partial charge on any atom is -0.363 e. The first kappa shape index (κ1) is 11.9. The zero-order chi connectivity index (χ0) is 12.3. The van der Waals surface area contributed by atoms with Crippen molar-refractivity contribution in [2.75, 3.05) is 12.4 Å². The van der Waals surface area contributed by atoms with Gasteiger partial charge in [0.1, 0.15) is 5.01 Å². The number of aromatic nitrogens is 3. The van der Waals surface area contributed by atoms with Crippen molar-refractivity contribution in [3.05, 3.63) is 21.1 Å². The summed E-state index contributed by atoms with van der Waals surface area (Å²) in [6.07, 6.45) is 1.79. The fraction of sp³-hybridized carbons (Fsp3) is 0.333. The number of thiazole rings is 1. The normalized spacial score (nSPS) is 10.2. The molecule has 90 valence electrons. The average molecular weight is 269 g/mol. The number of carbonyl (C=O) groups excluding carboxylic acids is 1. The maximum Gasteiger partial charge on any atom is 0.282 e. The Hall–Kier alpha value is -1.54. The molecule has 2 rings (SSSR count). The molecule has 0 aliphatic heterocycles. The lowest BCUT2D eigenvalue weighted by atomic mass is 10.6. The van der Waals surface area contributed by atoms with Gasteiger partial charge in [-0.05, 0) is 6.92 Å². The summed E-state index contributed by atoms with van der Waals surface area (Å²) in [5.41, 5.74) is 0. The van der Waals surface area contributed by atoms with Gasteiger partial charge in [0.25, 0.3) is 5.91 Å². The summed E-state index contributed by atoms with van der Waals surface area (Å²) in [5.74, 6) is -0.225. The highest BCUT2D eigenvalue weighted by Gasteiger charge is 2.12. The van der Waals surface area contributed by atoms with Crippen LogP contribution >= 0.6 is 22.7 Å². The van der Waals surface area contributed by atoms with Gasteiger partial charge in [0.05, 0.1) is 6.54 Å². The molecule has 2 heterocycles. The molecular formula is C9H11N5OS2. The Bertz CT molecular complexity index is 521. The van der Waals surface area contributed by atoms with Crippen molar-refractivity contribution in [2.45, 2.75) is 13.5 Å². The van der Waals surface area contributed by atoms with E-state index in [0.29, 0.717) is 16.7 Å². The first-order chi connectivity index (χ1) is 8.19. The van der Waals surface area contributed by atoms with E-state index in [2.05, 4.69) is 25.8 Å². The predicted octanol–water partition coefficient (Wildman–Crippen LogP) is 1.27. The number of hydrogen-bond acceptors (Lipinski definition) is 7. The highest BCUT2D eigenvalue weighted by molar-refractivity contribution is 7.17. The van der Waals surface area contributed by atoms with E-state index < -0.39 is 0 Å². The van der Waals surface area contributed by atoms with Crippen LogP contribution in [0.25, 0.3) is 0 Å². The van der Waals surface area contributed by atoms with Gasteiger partial charge in [-0.2, -0.15) is 0 Å². The molecule has 17 heavy (non-hydrogen) atoms. The molecule has 0 radical (unpaired) electrons. The first-order valence-corrected chi connectivity index (χ1v) is 6.53. The van der Waals surface area contributed by atoms with Gasteiger partial charge >= 0.3 is 0 Å². The highest BCUT2D eigenvalue weighted by atomic mass is 32.1. The second kappa shape index (κ2) is 5.19. The van der Waals surface area contributed by atoms with Crippen LogP contribution in [0.3, 0.4) is 0 Å². The van der Waals surface area contributed by atoms with E-state index in [1.54, 1.807) is 24.6 Å². The van der Waals surface area contributed by atoms with E-state index in [9.17, 15) is 4.79 Å². The van der Waals surface area contributed by atoms with E-state index in [-0.39, 0.29) is 5.91 Å². The number of nitrogens with zero attached hydrogens (tertiary/aromatic N) is 3. The zero-order valence-corrected chi connectivity index (χ0v) is 11.0. The van der Waals surface area contributed by atoms with E-state index >= 15 is 0 Å². The van der Waals surface area contributed by atoms with Crippen molar-refractivity contribution in [1.29, 1.82) is 0 Å². The van der Waals surface area contributed by atoms with Crippen LogP contribution in [0.4, 0.5) is 5.13 Å². The topological polar surface area (TPSA) is 79.8 Å². The molecular weight excluding hydrogens is 258 g/mol. The largest absolute Gasteiger partial charge is 0.363 e. The van der Waals surface area contributed by atoms with Crippen molar-refractivity contribution < 1.29 is 4.79 Å². The van der Waals surface area contributed by atoms with Crippen molar-refractivity contribution >= 4 is 33.7 Å². The highest BCUT2D eigenvalue weighted by Crippen LogP contribution is 2.14. The number of nitrogens with one attached hydrogen (secondary N) is 2. The maximum atomic E-state index is 11.7. The molecule has 6 nitrogen and oxygen atoms in total. The third-order valence-corrected chi connectivity index (χ3v) is 3.75. The number of rotatable bonds is 4. The minimum absolute atomic E-state index is 0.225. The van der Waals surface area contributed by atoms with Gasteiger partial charge in [0, 0.05) is 18.1 Å². The summed E-state index contributed by atoms with van der Waals surface area (Å²) in [4.78, 5) is 17.0. The quantitative estimate of drug-likeness (QED) is 0.874. The molecule has 8 heteroatoms. The SMILES string of the molecule is CNc1nnc(C(=O)NCc2ncc(C)s2)s1. The first-order valence-electron chi connectivity index (χ1n) is 4.90. The Kier molecular flexibility index (Phi) is 3.64. The second-order valence-corrected chi connectivity index (χ2v) is 5.51. The number of aryl methyl sites for hydroxylation is 1. The number of amides is 1. The molecule has 1 amide bonds. The number of anilines is 1. The van der Waals surface area contributed by atoms with Crippen LogP contribution in [0, 0.1) is 6.92 Å². The van der Waals surface area contributed by atoms with Crippen molar-refractivity contribution in [1.82, 2.24) is 20.5 Å². The molecule has 0 saturated carbocycles. The van der Waals surface area contributed by atoms with Crippen LogP contribution in [-0.4, -0.2) is 28.1 Å². The molecule has 2 N–H and O–H groups in total. The summed E-state index contributed by atoms with van der Waals surface area (Å²) in [6.45, 7) is 2.40. The number of carbonyl (C=O) groups is 1. The third-order valence-electron chi connectivity index (χ3n) is 1.90. The van der Waals surface area contributed by atoms with Crippen molar-refractivity contribution in [3.63, 3.8) is 0 Å². The third kappa shape index (κ3) is 2.98. The molecule has 2 aromatic heterocycles. The molecule has 2 aromatic rings. The summed E-state index contributed by atoms with van der Waals surface area (Å²) < 4.78 is 0. The summed E-state index contributed by atoms with van der Waals surface area (Å²) in [7, 11) is 1.74. The van der Waals surface area contributed by atoms with E-state index in [4.69, 9.17) is 0 Å². The summed E-state index contributed by atoms with van der Waals surface area (Å²) in [6, 6.07) is 0. The van der Waals surface area contributed by atoms with Gasteiger partial charge in [-0.3, -0.25) is 4.79 Å². The van der Waals surface area contributed by atoms with Crippen molar-refractivity contribution in [3.8, 4) is 0 Å². The molecule has 0 aliphatic rings. The van der Waals surface area contributed by atoms with Crippen LogP contribution in [0.5, 0.6) is 0 Å². The Morgan fingerprint density at radius 2 is 2.24 bits per heavy atom. The molecule has 0 aromatic carbocycles. The van der Waals surface area contributed by atoms with E-state index in [0.717, 1.165) is 9.88 Å². The van der Waals surface area contributed by atoms with Crippen LogP contribution < -0.4 is 10.6 Å². The molecule has 0 atom stereocenters. The Morgan fingerprint density at radius 1 is 1.41 bits per heavy atom. The van der Waals surface area contributed by atoms with Crippen LogP contribution in [-0.2, 0) is 6.54 Å². The molecule has 0 bridgehead atoms. The van der Waals surface area contributed by atoms with Crippen molar-refractivity contribution in [2.24, 2.45) is 0 Å². The Balaban J connectivity index is 1.93. The monoisotopic (exact) mass is 269 g/mol. The lowest BCUT2D eigenvalue weighted by molar-refractivity contribution is 0.0950. The van der Waals surface area contributed by atoms with Gasteiger partial charge in [-0.15, -0.1) is 21.5 Å². The molecule has 0 aliphatic carbocycles. The van der Waals surface area contributed by atoms with Crippen LogP contribution in [0.2, 0.25) is 0 Å². The second-order valence-electron chi connectivity index (χ2n) is 3.21. The Morgan fingerprint density at radius 3 is 2.82 bits per heavy atom. The van der Waals surface area contributed by atoms with Gasteiger partial charge in [0.15, 0.2) is 0 Å². The standard InChI is InChI=1S/C9H11N5OS2/c1-5-3-11-6(16-5)4-12-7(15)8-13-14-9(10-2)17-8/h3H,4H2,1-2H3,(H,10,14)(H,12,15). The molecule has 0 unspecified atom stereocenters. The van der Waals surface area contributed by atoms with Crippen LogP contribution in [0.1, 0.15) is 19.7 Å². The fourth-order valence-corrected chi connectivity index (χ4v) is 2.47. The summed E-state index contributed by atoms with van der Waals surface area (Å²) >= 11 is 2.78. The number of hydrogen-bond donors (Lipinski definition) is 2. The zero-order valence-electron chi connectivity index (χ0n) is 9.35. The van der Waals surface area contributed by atoms with Gasteiger partial charge in [0.2, 0.25) is 10.1 Å². The maximum absolute atomic E-state index is 11.7. The predicted molar refractivity (Wildman–Crippen MR) is 67.5 cm³/mol. The lowest BCUT2D eigenvalue weighted by Gasteiger charge is -1.98. The van der Waals surface area contributed by atoms with E-state index in [1.807, 2.05) is 6.92 Å². The molecule has 0 saturated heterocycles. The lowest BCUT2D eigenvalue weighted by Crippen LogP contribution is -2.22. The van der Waals surface area contributed by atoms with Gasteiger partial charge in [-0.25, -0.2) is 4.98 Å². The van der Waals surface area contributed by atoms with Gasteiger partial charge < -0.3 is 10.6 Å². The van der Waals surface area contributed by atoms with Gasteiger partial charge in [-0.1, -0.05) is 11.3 Å². The molecule has 0 spiro atoms. The fourth-order valence-electron chi connectivity index (χ4n) is 1.13. The van der Waals surface area contributed by atoms with Crippen LogP contribution in [0.15, 0.2) is 6.20 Å². The summed E-state index contributed by atoms with van der Waals surface area (Å²) in [5, 5.41) is 15.0. The average Bonchev–Trinajstić information content (AvgIpc) is 2.94. The van der Waals surface area contributed by atoms with E-state index in [1.165, 1.54) is 11.3 Å². The minimum atomic E-state index is -0.225. The smallest absolute Gasteiger partial charge is 0.282 e.